The largest absolute Gasteiger partial charge is 0.467 e. The molecule has 0 saturated carbocycles. The fourth-order valence-corrected chi connectivity index (χ4v) is 3.09. The van der Waals surface area contributed by atoms with Crippen molar-refractivity contribution in [1.82, 2.24) is 10.6 Å². The van der Waals surface area contributed by atoms with Crippen molar-refractivity contribution in [2.45, 2.75) is 37.8 Å². The van der Waals surface area contributed by atoms with E-state index in [2.05, 4.69) is 10.6 Å². The second-order valence-corrected chi connectivity index (χ2v) is 8.03. The van der Waals surface area contributed by atoms with E-state index in [-0.39, 0.29) is 24.2 Å². The van der Waals surface area contributed by atoms with Crippen molar-refractivity contribution in [3.63, 3.8) is 0 Å². The number of nitrogens with one attached hydrogen (secondary N) is 2. The van der Waals surface area contributed by atoms with E-state index in [0.717, 1.165) is 0 Å². The van der Waals surface area contributed by atoms with Gasteiger partial charge in [0.25, 0.3) is 5.91 Å². The van der Waals surface area contributed by atoms with E-state index in [0.29, 0.717) is 22.8 Å². The van der Waals surface area contributed by atoms with E-state index >= 15 is 0 Å². The smallest absolute Gasteiger partial charge is 0.339 e. The number of ether oxygens (including phenoxy) is 1. The van der Waals surface area contributed by atoms with Gasteiger partial charge in [0.05, 0.1) is 24.1 Å². The number of hydrogen-bond acceptors (Lipinski definition) is 6. The number of rotatable bonds is 8. The summed E-state index contributed by atoms with van der Waals surface area (Å²) in [5.41, 5.74) is -0.0878. The number of furan rings is 1. The molecular weight excluding hydrogens is 380 g/mol. The molecule has 150 valence electrons. The zero-order chi connectivity index (χ0) is 20.6. The van der Waals surface area contributed by atoms with Crippen LogP contribution in [0.1, 0.15) is 36.9 Å². The summed E-state index contributed by atoms with van der Waals surface area (Å²) in [6.07, 6.45) is 1.54. The number of thioether (sulfide) groups is 1. The van der Waals surface area contributed by atoms with Gasteiger partial charge in [-0.3, -0.25) is 9.59 Å². The Kier molecular flexibility index (Phi) is 7.69. The molecule has 1 aromatic carbocycles. The Morgan fingerprint density at radius 2 is 1.82 bits per heavy atom. The maximum absolute atomic E-state index is 12.3. The van der Waals surface area contributed by atoms with Crippen LogP contribution in [0.5, 0.6) is 0 Å². The van der Waals surface area contributed by atoms with Crippen molar-refractivity contribution in [1.29, 1.82) is 0 Å². The molecule has 0 aliphatic rings. The highest BCUT2D eigenvalue weighted by Crippen LogP contribution is 2.23. The van der Waals surface area contributed by atoms with Crippen molar-refractivity contribution in [3.8, 4) is 0 Å². The molecule has 0 fully saturated rings. The van der Waals surface area contributed by atoms with Crippen LogP contribution in [0.3, 0.4) is 0 Å². The average molecular weight is 404 g/mol. The highest BCUT2D eigenvalue weighted by atomic mass is 32.2. The topological polar surface area (TPSA) is 97.6 Å². The van der Waals surface area contributed by atoms with E-state index in [4.69, 9.17) is 9.15 Å². The fourth-order valence-electron chi connectivity index (χ4n) is 2.22. The normalized spacial score (nSPS) is 11.0. The summed E-state index contributed by atoms with van der Waals surface area (Å²) in [6, 6.07) is 10.3. The van der Waals surface area contributed by atoms with Gasteiger partial charge < -0.3 is 19.8 Å². The van der Waals surface area contributed by atoms with Crippen molar-refractivity contribution in [2.24, 2.45) is 0 Å². The van der Waals surface area contributed by atoms with Crippen molar-refractivity contribution in [3.05, 3.63) is 54.0 Å². The summed E-state index contributed by atoms with van der Waals surface area (Å²) in [5, 5.41) is 5.47. The van der Waals surface area contributed by atoms with E-state index in [9.17, 15) is 14.4 Å². The molecule has 0 saturated heterocycles. The van der Waals surface area contributed by atoms with Crippen LogP contribution in [-0.4, -0.2) is 35.7 Å². The third-order valence-electron chi connectivity index (χ3n) is 3.35. The fraction of sp³-hybridized carbons (Fsp3) is 0.350. The average Bonchev–Trinajstić information content (AvgIpc) is 3.15. The maximum atomic E-state index is 12.3. The van der Waals surface area contributed by atoms with Crippen LogP contribution in [0.4, 0.5) is 0 Å². The van der Waals surface area contributed by atoms with Gasteiger partial charge in [0.2, 0.25) is 5.91 Å². The number of amides is 2. The van der Waals surface area contributed by atoms with Gasteiger partial charge in [-0.2, -0.15) is 0 Å². The first-order valence-electron chi connectivity index (χ1n) is 8.73. The Bertz CT molecular complexity index is 812. The van der Waals surface area contributed by atoms with E-state index in [1.807, 2.05) is 20.8 Å². The first-order chi connectivity index (χ1) is 13.2. The van der Waals surface area contributed by atoms with E-state index < -0.39 is 11.5 Å². The predicted octanol–water partition coefficient (Wildman–Crippen LogP) is 2.76. The second-order valence-electron chi connectivity index (χ2n) is 7.02. The molecule has 8 heteroatoms. The molecule has 2 rings (SSSR count). The number of carbonyl (C=O) groups excluding carboxylic acids is 3. The van der Waals surface area contributed by atoms with Gasteiger partial charge in [-0.25, -0.2) is 4.79 Å². The third-order valence-corrected chi connectivity index (χ3v) is 4.43. The molecule has 1 heterocycles. The lowest BCUT2D eigenvalue weighted by molar-refractivity contribution is -0.125. The molecule has 0 unspecified atom stereocenters. The first-order valence-corrected chi connectivity index (χ1v) is 9.72. The lowest BCUT2D eigenvalue weighted by Gasteiger charge is -2.20. The molecule has 28 heavy (non-hydrogen) atoms. The minimum absolute atomic E-state index is 0.134. The SMILES string of the molecule is CC(C)(C)NC(=O)COC(=O)c1ccccc1SCC(=O)NCc1ccco1. The van der Waals surface area contributed by atoms with Crippen LogP contribution in [0.25, 0.3) is 0 Å². The molecule has 2 aromatic rings. The molecule has 0 aliphatic heterocycles. The Hall–Kier alpha value is -2.74. The molecule has 0 aliphatic carbocycles. The van der Waals surface area contributed by atoms with E-state index in [1.165, 1.54) is 11.8 Å². The predicted molar refractivity (Wildman–Crippen MR) is 106 cm³/mol. The lowest BCUT2D eigenvalue weighted by atomic mass is 10.1. The minimum atomic E-state index is -0.608. The Labute approximate surface area is 168 Å². The highest BCUT2D eigenvalue weighted by Gasteiger charge is 2.18. The second kappa shape index (κ2) is 9.98. The summed E-state index contributed by atoms with van der Waals surface area (Å²) >= 11 is 1.22. The molecular formula is C20H24N2O5S. The summed E-state index contributed by atoms with van der Waals surface area (Å²) in [6.45, 7) is 5.47. The number of carbonyl (C=O) groups is 3. The standard InChI is InChI=1S/C20H24N2O5S/c1-20(2,3)22-17(23)12-27-19(25)15-8-4-5-9-16(15)28-13-18(24)21-11-14-7-6-10-26-14/h4-10H,11-13H2,1-3H3,(H,21,24)(H,22,23). The highest BCUT2D eigenvalue weighted by molar-refractivity contribution is 8.00. The van der Waals surface area contributed by atoms with Gasteiger partial charge in [-0.05, 0) is 45.0 Å². The van der Waals surface area contributed by atoms with Crippen molar-refractivity contribution in [2.75, 3.05) is 12.4 Å². The Balaban J connectivity index is 1.86. The zero-order valence-electron chi connectivity index (χ0n) is 16.1. The van der Waals surface area contributed by atoms with Gasteiger partial charge in [0.1, 0.15) is 5.76 Å². The number of esters is 1. The van der Waals surface area contributed by atoms with Gasteiger partial charge >= 0.3 is 5.97 Å². The van der Waals surface area contributed by atoms with Crippen LogP contribution in [0.2, 0.25) is 0 Å². The molecule has 0 bridgehead atoms. The van der Waals surface area contributed by atoms with Crippen LogP contribution in [0, 0.1) is 0 Å². The van der Waals surface area contributed by atoms with Crippen LogP contribution in [-0.2, 0) is 20.9 Å². The molecule has 2 amide bonds. The van der Waals surface area contributed by atoms with Gasteiger partial charge in [-0.15, -0.1) is 11.8 Å². The van der Waals surface area contributed by atoms with Crippen molar-refractivity contribution < 1.29 is 23.5 Å². The molecule has 0 spiro atoms. The molecule has 0 radical (unpaired) electrons. The molecule has 7 nitrogen and oxygen atoms in total. The summed E-state index contributed by atoms with van der Waals surface area (Å²) < 4.78 is 10.3. The van der Waals surface area contributed by atoms with Crippen LogP contribution < -0.4 is 10.6 Å². The maximum Gasteiger partial charge on any atom is 0.339 e. The first kappa shape index (κ1) is 21.6. The zero-order valence-corrected chi connectivity index (χ0v) is 16.9. The Morgan fingerprint density at radius 1 is 1.07 bits per heavy atom. The Morgan fingerprint density at radius 3 is 2.50 bits per heavy atom. The summed E-state index contributed by atoms with van der Waals surface area (Å²) in [5.74, 6) is -0.369. The number of benzene rings is 1. The molecule has 0 atom stereocenters. The van der Waals surface area contributed by atoms with E-state index in [1.54, 1.807) is 42.7 Å². The van der Waals surface area contributed by atoms with Crippen LogP contribution >= 0.6 is 11.8 Å². The third kappa shape index (κ3) is 7.48. The van der Waals surface area contributed by atoms with Crippen LogP contribution in [0.15, 0.2) is 52.0 Å². The quantitative estimate of drug-likeness (QED) is 0.519. The molecule has 1 aromatic heterocycles. The monoisotopic (exact) mass is 404 g/mol. The lowest BCUT2D eigenvalue weighted by Crippen LogP contribution is -2.42. The molecule has 2 N–H and O–H groups in total. The summed E-state index contributed by atoms with van der Waals surface area (Å²) in [7, 11) is 0. The van der Waals surface area contributed by atoms with Gasteiger partial charge in [-0.1, -0.05) is 12.1 Å². The van der Waals surface area contributed by atoms with Gasteiger partial charge in [0.15, 0.2) is 6.61 Å². The minimum Gasteiger partial charge on any atom is -0.467 e. The van der Waals surface area contributed by atoms with Gasteiger partial charge in [0, 0.05) is 10.4 Å². The summed E-state index contributed by atoms with van der Waals surface area (Å²) in [4.78, 5) is 36.7. The van der Waals surface area contributed by atoms with Crippen molar-refractivity contribution >= 4 is 29.5 Å². The number of hydrogen-bond donors (Lipinski definition) is 2.